The number of hydrogen-bond donors (Lipinski definition) is 0. The highest BCUT2D eigenvalue weighted by molar-refractivity contribution is 8.26. The van der Waals surface area contributed by atoms with E-state index >= 15 is 0 Å². The lowest BCUT2D eigenvalue weighted by Crippen LogP contribution is -2.30. The van der Waals surface area contributed by atoms with Crippen molar-refractivity contribution in [1.29, 1.82) is 0 Å². The van der Waals surface area contributed by atoms with Crippen molar-refractivity contribution in [2.75, 3.05) is 6.54 Å². The Bertz CT molecular complexity index is 595. The fourth-order valence-electron chi connectivity index (χ4n) is 1.66. The van der Waals surface area contributed by atoms with Crippen LogP contribution in [0.3, 0.4) is 0 Å². The molecule has 20 heavy (non-hydrogen) atoms. The number of hydrogen-bond acceptors (Lipinski definition) is 7. The Morgan fingerprint density at radius 2 is 2.35 bits per heavy atom. The smallest absolute Gasteiger partial charge is 0.266 e. The quantitative estimate of drug-likeness (QED) is 0.597. The van der Waals surface area contributed by atoms with Crippen molar-refractivity contribution >= 4 is 57.6 Å². The van der Waals surface area contributed by atoms with Crippen LogP contribution in [-0.2, 0) is 9.59 Å². The third-order valence-electron chi connectivity index (χ3n) is 2.55. The van der Waals surface area contributed by atoms with Crippen LogP contribution in [-0.4, -0.2) is 32.6 Å². The molecule has 1 aliphatic heterocycles. The summed E-state index contributed by atoms with van der Waals surface area (Å²) in [4.78, 5) is 28.8. The van der Waals surface area contributed by atoms with Gasteiger partial charge in [-0.3, -0.25) is 9.69 Å². The van der Waals surface area contributed by atoms with E-state index in [0.717, 1.165) is 10.7 Å². The summed E-state index contributed by atoms with van der Waals surface area (Å²) in [6.07, 6.45) is 1.96. The molecule has 0 aliphatic carbocycles. The number of carbonyl (C=O) groups is 2. The third-order valence-corrected chi connectivity index (χ3v) is 4.72. The highest BCUT2D eigenvalue weighted by atomic mass is 32.2. The average molecular weight is 327 g/mol. The molecule has 0 saturated carbocycles. The first-order valence-corrected chi connectivity index (χ1v) is 7.95. The van der Waals surface area contributed by atoms with Crippen LogP contribution in [0.5, 0.6) is 0 Å². The topological polar surface area (TPSA) is 73.3 Å². The van der Waals surface area contributed by atoms with E-state index in [1.54, 1.807) is 6.08 Å². The van der Waals surface area contributed by atoms with E-state index in [-0.39, 0.29) is 12.3 Å². The molecule has 1 amide bonds. The summed E-state index contributed by atoms with van der Waals surface area (Å²) in [6, 6.07) is 0. The molecule has 0 bridgehead atoms. The third kappa shape index (κ3) is 3.65. The molecule has 0 unspecified atom stereocenters. The minimum absolute atomic E-state index is 0.0820. The first-order chi connectivity index (χ1) is 9.47. The monoisotopic (exact) mass is 327 g/mol. The summed E-state index contributed by atoms with van der Waals surface area (Å²) in [5.41, 5.74) is 0.739. The summed E-state index contributed by atoms with van der Waals surface area (Å²) in [5, 5.41) is 13.2. The maximum Gasteiger partial charge on any atom is 0.266 e. The highest BCUT2D eigenvalue weighted by Crippen LogP contribution is 2.32. The van der Waals surface area contributed by atoms with Crippen LogP contribution >= 0.6 is 35.3 Å². The second-order valence-electron chi connectivity index (χ2n) is 4.10. The van der Waals surface area contributed by atoms with Gasteiger partial charge >= 0.3 is 0 Å². The van der Waals surface area contributed by atoms with Crippen molar-refractivity contribution in [1.82, 2.24) is 9.88 Å². The molecule has 5 nitrogen and oxygen atoms in total. The van der Waals surface area contributed by atoms with Crippen LogP contribution in [0.1, 0.15) is 23.5 Å². The Hall–Kier alpha value is -1.25. The number of carboxylic acid groups (broad SMARTS) is 1. The van der Waals surface area contributed by atoms with Crippen molar-refractivity contribution in [3.8, 4) is 0 Å². The zero-order valence-corrected chi connectivity index (χ0v) is 13.1. The molecule has 1 aliphatic rings. The van der Waals surface area contributed by atoms with E-state index < -0.39 is 5.97 Å². The molecule has 1 aromatic heterocycles. The van der Waals surface area contributed by atoms with Gasteiger partial charge in [-0.2, -0.15) is 0 Å². The number of aliphatic carboxylic acids is 1. The Labute approximate surface area is 129 Å². The first kappa shape index (κ1) is 15.1. The SMILES string of the molecule is Cc1nc(/C=C2\SC(=S)N(CCCC(=O)[O-])C2=O)cs1. The van der Waals surface area contributed by atoms with Crippen LogP contribution in [0.15, 0.2) is 10.3 Å². The van der Waals surface area contributed by atoms with Crippen molar-refractivity contribution in [3.05, 3.63) is 21.0 Å². The lowest BCUT2D eigenvalue weighted by atomic mass is 10.3. The largest absolute Gasteiger partial charge is 0.550 e. The molecule has 0 N–H and O–H groups in total. The van der Waals surface area contributed by atoms with E-state index in [9.17, 15) is 14.7 Å². The number of carbonyl (C=O) groups excluding carboxylic acids is 2. The molecule has 8 heteroatoms. The molecule has 0 radical (unpaired) electrons. The van der Waals surface area contributed by atoms with Gasteiger partial charge in [0, 0.05) is 17.9 Å². The van der Waals surface area contributed by atoms with Gasteiger partial charge in [-0.15, -0.1) is 11.3 Å². The van der Waals surface area contributed by atoms with Gasteiger partial charge in [0.15, 0.2) is 0 Å². The summed E-state index contributed by atoms with van der Waals surface area (Å²) >= 11 is 7.87. The zero-order chi connectivity index (χ0) is 14.7. The lowest BCUT2D eigenvalue weighted by Gasteiger charge is -2.14. The molecular formula is C12H11N2O3S3-. The summed E-state index contributed by atoms with van der Waals surface area (Å²) in [6.45, 7) is 2.19. The fourth-order valence-corrected chi connectivity index (χ4v) is 3.52. The molecule has 1 fully saturated rings. The number of aryl methyl sites for hydroxylation is 1. The standard InChI is InChI=1S/C12H12N2O3S3/c1-7-13-8(6-19-7)5-9-11(17)14(12(18)20-9)4-2-3-10(15)16/h5-6H,2-4H2,1H3,(H,15,16)/p-1/b9-5-. The number of rotatable bonds is 5. The number of thiazole rings is 1. The second kappa shape index (κ2) is 6.47. The van der Waals surface area contributed by atoms with Crippen molar-refractivity contribution < 1.29 is 14.7 Å². The molecule has 0 atom stereocenters. The van der Waals surface area contributed by atoms with Gasteiger partial charge in [0.25, 0.3) is 5.91 Å². The van der Waals surface area contributed by atoms with Gasteiger partial charge in [0.05, 0.1) is 15.6 Å². The molecule has 1 saturated heterocycles. The zero-order valence-electron chi connectivity index (χ0n) is 10.6. The van der Waals surface area contributed by atoms with E-state index in [1.807, 2.05) is 12.3 Å². The summed E-state index contributed by atoms with van der Waals surface area (Å²) in [5.74, 6) is -1.31. The molecule has 0 spiro atoms. The van der Waals surface area contributed by atoms with Gasteiger partial charge in [0.1, 0.15) is 4.32 Å². The van der Waals surface area contributed by atoms with Gasteiger partial charge in [-0.05, 0) is 25.8 Å². The van der Waals surface area contributed by atoms with Crippen LogP contribution in [0, 0.1) is 6.92 Å². The van der Waals surface area contributed by atoms with E-state index in [2.05, 4.69) is 4.98 Å². The normalized spacial score (nSPS) is 17.2. The number of carboxylic acids is 1. The maximum absolute atomic E-state index is 12.2. The van der Waals surface area contributed by atoms with Crippen molar-refractivity contribution in [3.63, 3.8) is 0 Å². The molecule has 2 heterocycles. The number of aromatic nitrogens is 1. The lowest BCUT2D eigenvalue weighted by molar-refractivity contribution is -0.305. The van der Waals surface area contributed by atoms with Crippen LogP contribution < -0.4 is 5.11 Å². The van der Waals surface area contributed by atoms with Crippen molar-refractivity contribution in [2.24, 2.45) is 0 Å². The Balaban J connectivity index is 2.04. The Morgan fingerprint density at radius 3 is 2.95 bits per heavy atom. The molecule has 1 aromatic rings. The molecule has 106 valence electrons. The van der Waals surface area contributed by atoms with Gasteiger partial charge in [-0.25, -0.2) is 4.98 Å². The first-order valence-electron chi connectivity index (χ1n) is 5.84. The Kier molecular flexibility index (Phi) is 4.90. The molecule has 2 rings (SSSR count). The number of thioether (sulfide) groups is 1. The summed E-state index contributed by atoms with van der Waals surface area (Å²) < 4.78 is 0.451. The van der Waals surface area contributed by atoms with Crippen molar-refractivity contribution in [2.45, 2.75) is 19.8 Å². The minimum Gasteiger partial charge on any atom is -0.550 e. The van der Waals surface area contributed by atoms with Gasteiger partial charge in [0.2, 0.25) is 0 Å². The number of amides is 1. The predicted molar refractivity (Wildman–Crippen MR) is 81.0 cm³/mol. The minimum atomic E-state index is -1.12. The van der Waals surface area contributed by atoms with E-state index in [1.165, 1.54) is 28.0 Å². The second-order valence-corrected chi connectivity index (χ2v) is 6.84. The van der Waals surface area contributed by atoms with Gasteiger partial charge in [-0.1, -0.05) is 24.0 Å². The van der Waals surface area contributed by atoms with Crippen LogP contribution in [0.2, 0.25) is 0 Å². The van der Waals surface area contributed by atoms with E-state index in [0.29, 0.717) is 22.2 Å². The highest BCUT2D eigenvalue weighted by Gasteiger charge is 2.31. The Morgan fingerprint density at radius 1 is 1.60 bits per heavy atom. The fraction of sp³-hybridized carbons (Fsp3) is 0.333. The molecule has 0 aromatic carbocycles. The van der Waals surface area contributed by atoms with E-state index in [4.69, 9.17) is 12.2 Å². The average Bonchev–Trinajstić information content (AvgIpc) is 2.88. The maximum atomic E-state index is 12.2. The number of nitrogens with zero attached hydrogens (tertiary/aromatic N) is 2. The molecular weight excluding hydrogens is 316 g/mol. The van der Waals surface area contributed by atoms with Crippen LogP contribution in [0.4, 0.5) is 0 Å². The summed E-state index contributed by atoms with van der Waals surface area (Å²) in [7, 11) is 0. The van der Waals surface area contributed by atoms with Gasteiger partial charge < -0.3 is 9.90 Å². The number of thiocarbonyl (C=S) groups is 1. The van der Waals surface area contributed by atoms with Crippen LogP contribution in [0.25, 0.3) is 6.08 Å². The predicted octanol–water partition coefficient (Wildman–Crippen LogP) is 1.18.